The Labute approximate surface area is 79.1 Å². The van der Waals surface area contributed by atoms with Crippen molar-refractivity contribution in [2.45, 2.75) is 13.8 Å². The molecular formula is C8H18N2O3. The third-order valence-electron chi connectivity index (χ3n) is 1.23. The fourth-order valence-electron chi connectivity index (χ4n) is 0.566. The molecule has 0 saturated heterocycles. The number of nitrogens with zero attached hydrogens (tertiary/aromatic N) is 2. The standard InChI is InChI=1S/C8H18N2O3/c1-7(2)6-13-10(12-5)8(11)9(3)4/h7H,6H2,1-5H3. The molecule has 0 aromatic rings. The van der Waals surface area contributed by atoms with Crippen LogP contribution in [0.25, 0.3) is 0 Å². The van der Waals surface area contributed by atoms with Crippen LogP contribution < -0.4 is 0 Å². The summed E-state index contributed by atoms with van der Waals surface area (Å²) in [6.45, 7) is 4.44. The summed E-state index contributed by atoms with van der Waals surface area (Å²) >= 11 is 0. The van der Waals surface area contributed by atoms with Gasteiger partial charge in [0.2, 0.25) is 0 Å². The van der Waals surface area contributed by atoms with E-state index in [9.17, 15) is 4.79 Å². The fourth-order valence-corrected chi connectivity index (χ4v) is 0.566. The molecule has 0 rings (SSSR count). The maximum atomic E-state index is 11.3. The van der Waals surface area contributed by atoms with Crippen LogP contribution in [0.1, 0.15) is 13.8 Å². The number of hydrogen-bond acceptors (Lipinski definition) is 3. The van der Waals surface area contributed by atoms with Crippen LogP contribution in [0, 0.1) is 5.92 Å². The molecule has 0 aliphatic heterocycles. The molecule has 0 bridgehead atoms. The van der Waals surface area contributed by atoms with E-state index in [1.165, 1.54) is 12.0 Å². The molecule has 0 aromatic heterocycles. The van der Waals surface area contributed by atoms with Gasteiger partial charge < -0.3 is 4.90 Å². The molecule has 0 atom stereocenters. The molecule has 0 aromatic carbocycles. The summed E-state index contributed by atoms with van der Waals surface area (Å²) in [7, 11) is 4.65. The summed E-state index contributed by atoms with van der Waals surface area (Å²) in [5.41, 5.74) is 0. The van der Waals surface area contributed by atoms with Crippen LogP contribution in [-0.4, -0.2) is 44.0 Å². The van der Waals surface area contributed by atoms with Gasteiger partial charge in [-0.3, -0.25) is 0 Å². The monoisotopic (exact) mass is 190 g/mol. The lowest BCUT2D eigenvalue weighted by atomic mass is 10.2. The summed E-state index contributed by atoms with van der Waals surface area (Å²) in [4.78, 5) is 22.5. The largest absolute Gasteiger partial charge is 0.369 e. The minimum atomic E-state index is -0.330. The lowest BCUT2D eigenvalue weighted by Gasteiger charge is -2.22. The average Bonchev–Trinajstić information content (AvgIpc) is 2.04. The number of hydrogen-bond donors (Lipinski definition) is 0. The predicted octanol–water partition coefficient (Wildman–Crippen LogP) is 1.12. The Morgan fingerprint density at radius 3 is 2.23 bits per heavy atom. The minimum Gasteiger partial charge on any atom is -0.327 e. The summed E-state index contributed by atoms with van der Waals surface area (Å²) in [5, 5.41) is 0.875. The smallest absolute Gasteiger partial charge is 0.327 e. The number of carbonyl (C=O) groups is 1. The number of rotatable bonds is 4. The number of carbonyl (C=O) groups excluding carboxylic acids is 1. The molecule has 5 nitrogen and oxygen atoms in total. The Kier molecular flexibility index (Phi) is 5.41. The highest BCUT2D eigenvalue weighted by Gasteiger charge is 2.16. The molecule has 2 amide bonds. The highest BCUT2D eigenvalue weighted by atomic mass is 17.0. The van der Waals surface area contributed by atoms with Gasteiger partial charge in [0.25, 0.3) is 0 Å². The molecule has 0 spiro atoms. The SMILES string of the molecule is CON(OCC(C)C)C(=O)N(C)C. The molecule has 5 heteroatoms. The Bertz CT molecular complexity index is 159. The van der Waals surface area contributed by atoms with Gasteiger partial charge in [0.15, 0.2) is 0 Å². The van der Waals surface area contributed by atoms with Gasteiger partial charge in [-0.2, -0.15) is 0 Å². The van der Waals surface area contributed by atoms with Crippen molar-refractivity contribution >= 4 is 6.03 Å². The second kappa shape index (κ2) is 5.77. The van der Waals surface area contributed by atoms with E-state index in [4.69, 9.17) is 9.68 Å². The van der Waals surface area contributed by atoms with Crippen molar-refractivity contribution in [3.05, 3.63) is 0 Å². The van der Waals surface area contributed by atoms with Gasteiger partial charge in [0, 0.05) is 14.1 Å². The van der Waals surface area contributed by atoms with Gasteiger partial charge in [0.1, 0.15) is 0 Å². The first kappa shape index (κ1) is 12.2. The van der Waals surface area contributed by atoms with E-state index >= 15 is 0 Å². The molecule has 0 saturated carbocycles. The van der Waals surface area contributed by atoms with Crippen molar-refractivity contribution in [1.82, 2.24) is 10.1 Å². The Hall–Kier alpha value is -0.810. The summed E-state index contributed by atoms with van der Waals surface area (Å²) in [5.74, 6) is 0.354. The van der Waals surface area contributed by atoms with Crippen LogP contribution in [0.5, 0.6) is 0 Å². The molecule has 78 valence electrons. The average molecular weight is 190 g/mol. The quantitative estimate of drug-likeness (QED) is 0.624. The molecule has 0 N–H and O–H groups in total. The zero-order valence-electron chi connectivity index (χ0n) is 8.90. The van der Waals surface area contributed by atoms with Crippen LogP contribution in [0.3, 0.4) is 0 Å². The lowest BCUT2D eigenvalue weighted by molar-refractivity contribution is -0.320. The highest BCUT2D eigenvalue weighted by Crippen LogP contribution is 2.00. The van der Waals surface area contributed by atoms with E-state index in [0.29, 0.717) is 12.5 Å². The first-order valence-corrected chi connectivity index (χ1v) is 4.17. The van der Waals surface area contributed by atoms with Crippen LogP contribution in [0.4, 0.5) is 4.79 Å². The first-order valence-electron chi connectivity index (χ1n) is 4.17. The van der Waals surface area contributed by atoms with Gasteiger partial charge in [-0.15, -0.1) is 0 Å². The van der Waals surface area contributed by atoms with E-state index in [2.05, 4.69) is 0 Å². The highest BCUT2D eigenvalue weighted by molar-refractivity contribution is 5.71. The molecule has 0 aliphatic rings. The third-order valence-corrected chi connectivity index (χ3v) is 1.23. The first-order chi connectivity index (χ1) is 5.99. The predicted molar refractivity (Wildman–Crippen MR) is 48.7 cm³/mol. The summed E-state index contributed by atoms with van der Waals surface area (Å²) in [6.07, 6.45) is 0. The topological polar surface area (TPSA) is 42.0 Å². The fraction of sp³-hybridized carbons (Fsp3) is 0.875. The van der Waals surface area contributed by atoms with Crippen molar-refractivity contribution in [1.29, 1.82) is 0 Å². The lowest BCUT2D eigenvalue weighted by Crippen LogP contribution is -2.39. The van der Waals surface area contributed by atoms with E-state index in [0.717, 1.165) is 5.23 Å². The van der Waals surface area contributed by atoms with Crippen LogP contribution in [0.2, 0.25) is 0 Å². The van der Waals surface area contributed by atoms with Gasteiger partial charge in [-0.05, 0) is 5.92 Å². The second-order valence-corrected chi connectivity index (χ2v) is 3.31. The number of urea groups is 1. The van der Waals surface area contributed by atoms with Crippen LogP contribution >= 0.6 is 0 Å². The Morgan fingerprint density at radius 1 is 1.38 bits per heavy atom. The van der Waals surface area contributed by atoms with Gasteiger partial charge in [-0.1, -0.05) is 19.1 Å². The van der Waals surface area contributed by atoms with E-state index in [-0.39, 0.29) is 6.03 Å². The number of hydroxylamine groups is 2. The van der Waals surface area contributed by atoms with Crippen molar-refractivity contribution in [3.8, 4) is 0 Å². The maximum Gasteiger partial charge on any atom is 0.369 e. The molecule has 0 fully saturated rings. The van der Waals surface area contributed by atoms with E-state index in [1.807, 2.05) is 13.8 Å². The van der Waals surface area contributed by atoms with Crippen molar-refractivity contribution in [2.75, 3.05) is 27.8 Å². The maximum absolute atomic E-state index is 11.3. The molecule has 13 heavy (non-hydrogen) atoms. The van der Waals surface area contributed by atoms with Gasteiger partial charge >= 0.3 is 6.03 Å². The van der Waals surface area contributed by atoms with Crippen molar-refractivity contribution in [2.24, 2.45) is 5.92 Å². The Morgan fingerprint density at radius 2 is 1.92 bits per heavy atom. The van der Waals surface area contributed by atoms with E-state index < -0.39 is 0 Å². The zero-order valence-corrected chi connectivity index (χ0v) is 8.90. The van der Waals surface area contributed by atoms with Gasteiger partial charge in [0.05, 0.1) is 13.7 Å². The minimum absolute atomic E-state index is 0.330. The Balaban J connectivity index is 3.95. The molecule has 0 aliphatic carbocycles. The van der Waals surface area contributed by atoms with Crippen LogP contribution in [-0.2, 0) is 9.68 Å². The van der Waals surface area contributed by atoms with Gasteiger partial charge in [-0.25, -0.2) is 14.5 Å². The molecule has 0 heterocycles. The number of amides is 2. The zero-order chi connectivity index (χ0) is 10.4. The molecule has 0 radical (unpaired) electrons. The third kappa shape index (κ3) is 4.69. The van der Waals surface area contributed by atoms with Crippen molar-refractivity contribution < 1.29 is 14.5 Å². The normalized spacial score (nSPS) is 10.3. The van der Waals surface area contributed by atoms with E-state index in [1.54, 1.807) is 14.1 Å². The van der Waals surface area contributed by atoms with Crippen LogP contribution in [0.15, 0.2) is 0 Å². The summed E-state index contributed by atoms with van der Waals surface area (Å²) in [6, 6.07) is -0.330. The van der Waals surface area contributed by atoms with Crippen molar-refractivity contribution in [3.63, 3.8) is 0 Å². The second-order valence-electron chi connectivity index (χ2n) is 3.31. The molecular weight excluding hydrogens is 172 g/mol. The summed E-state index contributed by atoms with van der Waals surface area (Å²) < 4.78 is 0. The molecule has 0 unspecified atom stereocenters.